The van der Waals surface area contributed by atoms with E-state index in [9.17, 15) is 4.79 Å². The molecule has 0 saturated heterocycles. The second-order valence-corrected chi connectivity index (χ2v) is 5.36. The molecule has 0 fully saturated rings. The van der Waals surface area contributed by atoms with E-state index in [1.54, 1.807) is 12.3 Å². The maximum absolute atomic E-state index is 11.8. The number of aromatic amines is 1. The van der Waals surface area contributed by atoms with Crippen LogP contribution in [0.15, 0.2) is 41.0 Å². The van der Waals surface area contributed by atoms with Crippen LogP contribution in [-0.4, -0.2) is 10.9 Å². The highest BCUT2D eigenvalue weighted by Crippen LogP contribution is 2.15. The molecule has 1 aromatic heterocycles. The molecule has 0 unspecified atom stereocenters. The van der Waals surface area contributed by atoms with E-state index in [0.717, 1.165) is 13.7 Å². The first-order valence-corrected chi connectivity index (χ1v) is 6.43. The van der Waals surface area contributed by atoms with Crippen molar-refractivity contribution in [2.24, 2.45) is 0 Å². The van der Waals surface area contributed by atoms with E-state index in [0.29, 0.717) is 5.69 Å². The Kier molecular flexibility index (Phi) is 3.65. The Balaban J connectivity index is 2.13. The largest absolute Gasteiger partial charge is 0.356 e. The lowest BCUT2D eigenvalue weighted by atomic mass is 10.3. The van der Waals surface area contributed by atoms with Gasteiger partial charge < -0.3 is 10.3 Å². The third kappa shape index (κ3) is 2.85. The molecule has 0 saturated carbocycles. The van der Waals surface area contributed by atoms with Crippen LogP contribution in [0.2, 0.25) is 0 Å². The van der Waals surface area contributed by atoms with Crippen LogP contribution in [0, 0.1) is 3.57 Å². The fraction of sp³-hybridized carbons (Fsp3) is 0. The number of carbonyl (C=O) groups is 1. The van der Waals surface area contributed by atoms with Crippen LogP contribution >= 0.6 is 38.5 Å². The van der Waals surface area contributed by atoms with Crippen LogP contribution in [-0.2, 0) is 0 Å². The number of anilines is 1. The van der Waals surface area contributed by atoms with Crippen molar-refractivity contribution >= 4 is 50.1 Å². The first-order chi connectivity index (χ1) is 7.65. The van der Waals surface area contributed by atoms with Gasteiger partial charge in [0.15, 0.2) is 0 Å². The van der Waals surface area contributed by atoms with Crippen molar-refractivity contribution in [2.75, 3.05) is 5.32 Å². The predicted molar refractivity (Wildman–Crippen MR) is 75.6 cm³/mol. The number of hydrogen-bond acceptors (Lipinski definition) is 1. The Labute approximate surface area is 115 Å². The Bertz CT molecular complexity index is 524. The average molecular weight is 391 g/mol. The summed E-state index contributed by atoms with van der Waals surface area (Å²) in [7, 11) is 0. The normalized spacial score (nSPS) is 10.1. The van der Waals surface area contributed by atoms with Crippen molar-refractivity contribution in [3.8, 4) is 0 Å². The molecule has 0 radical (unpaired) electrons. The highest BCUT2D eigenvalue weighted by Gasteiger charge is 2.07. The van der Waals surface area contributed by atoms with Gasteiger partial charge in [0.25, 0.3) is 5.91 Å². The molecule has 0 aliphatic rings. The van der Waals surface area contributed by atoms with Crippen LogP contribution in [0.3, 0.4) is 0 Å². The molecule has 0 aliphatic heterocycles. The number of benzene rings is 1. The Morgan fingerprint density at radius 2 is 2.19 bits per heavy atom. The molecule has 3 nitrogen and oxygen atoms in total. The van der Waals surface area contributed by atoms with E-state index >= 15 is 0 Å². The van der Waals surface area contributed by atoms with Crippen molar-refractivity contribution in [3.63, 3.8) is 0 Å². The minimum absolute atomic E-state index is 0.146. The van der Waals surface area contributed by atoms with E-state index in [-0.39, 0.29) is 5.91 Å². The van der Waals surface area contributed by atoms with Crippen LogP contribution in [0.4, 0.5) is 5.69 Å². The summed E-state index contributed by atoms with van der Waals surface area (Å²) in [4.78, 5) is 14.7. The summed E-state index contributed by atoms with van der Waals surface area (Å²) in [5.74, 6) is -0.146. The number of H-pyrrole nitrogens is 1. The number of hydrogen-bond donors (Lipinski definition) is 2. The van der Waals surface area contributed by atoms with Gasteiger partial charge in [0.05, 0.1) is 0 Å². The highest BCUT2D eigenvalue weighted by atomic mass is 127. The molecule has 0 aliphatic carbocycles. The smallest absolute Gasteiger partial charge is 0.272 e. The molecule has 0 bridgehead atoms. The summed E-state index contributed by atoms with van der Waals surface area (Å²) >= 11 is 5.49. The first-order valence-electron chi connectivity index (χ1n) is 4.56. The van der Waals surface area contributed by atoms with Gasteiger partial charge in [0.2, 0.25) is 0 Å². The Hall–Kier alpha value is -0.820. The summed E-state index contributed by atoms with van der Waals surface area (Å²) in [5.41, 5.74) is 1.33. The first kappa shape index (κ1) is 11.7. The van der Waals surface area contributed by atoms with Crippen LogP contribution in [0.1, 0.15) is 10.5 Å². The average Bonchev–Trinajstić information content (AvgIpc) is 2.65. The summed E-state index contributed by atoms with van der Waals surface area (Å²) < 4.78 is 1.95. The molecular weight excluding hydrogens is 383 g/mol. The number of aromatic nitrogens is 1. The molecule has 1 aromatic carbocycles. The number of nitrogens with one attached hydrogen (secondary N) is 2. The molecule has 1 amide bonds. The van der Waals surface area contributed by atoms with E-state index in [1.807, 2.05) is 24.3 Å². The van der Waals surface area contributed by atoms with Crippen LogP contribution in [0.5, 0.6) is 0 Å². The standard InChI is InChI=1S/C11H8BrIN2O/c12-7-4-10(14-6-7)11(16)15-9-3-1-2-8(13)5-9/h1-6,14H,(H,15,16). The summed E-state index contributed by atoms with van der Waals surface area (Å²) in [6.07, 6.45) is 1.73. The fourth-order valence-electron chi connectivity index (χ4n) is 1.26. The van der Waals surface area contributed by atoms with Gasteiger partial charge in [-0.2, -0.15) is 0 Å². The van der Waals surface area contributed by atoms with Crippen molar-refractivity contribution in [2.45, 2.75) is 0 Å². The van der Waals surface area contributed by atoms with Gasteiger partial charge in [0, 0.05) is 19.9 Å². The van der Waals surface area contributed by atoms with Gasteiger partial charge in [0.1, 0.15) is 5.69 Å². The minimum atomic E-state index is -0.146. The lowest BCUT2D eigenvalue weighted by Gasteiger charge is -2.03. The molecule has 82 valence electrons. The molecular formula is C11H8BrIN2O. The van der Waals surface area contributed by atoms with Crippen molar-refractivity contribution in [1.82, 2.24) is 4.98 Å². The summed E-state index contributed by atoms with van der Waals surface area (Å²) in [5, 5.41) is 2.82. The lowest BCUT2D eigenvalue weighted by Crippen LogP contribution is -2.12. The van der Waals surface area contributed by atoms with Crippen molar-refractivity contribution in [3.05, 3.63) is 50.3 Å². The van der Waals surface area contributed by atoms with Gasteiger partial charge in [-0.25, -0.2) is 0 Å². The second-order valence-electron chi connectivity index (χ2n) is 3.20. The van der Waals surface area contributed by atoms with E-state index in [2.05, 4.69) is 48.8 Å². The topological polar surface area (TPSA) is 44.9 Å². The molecule has 2 N–H and O–H groups in total. The molecule has 0 atom stereocenters. The van der Waals surface area contributed by atoms with Gasteiger partial charge in [-0.05, 0) is 62.8 Å². The predicted octanol–water partition coefficient (Wildman–Crippen LogP) is 3.63. The summed E-state index contributed by atoms with van der Waals surface area (Å²) in [6, 6.07) is 9.39. The molecule has 2 aromatic rings. The number of carbonyl (C=O) groups excluding carboxylic acids is 1. The van der Waals surface area contributed by atoms with E-state index in [4.69, 9.17) is 0 Å². The maximum Gasteiger partial charge on any atom is 0.272 e. The Morgan fingerprint density at radius 3 is 2.81 bits per heavy atom. The third-order valence-electron chi connectivity index (χ3n) is 1.97. The monoisotopic (exact) mass is 390 g/mol. The maximum atomic E-state index is 11.8. The van der Waals surface area contributed by atoms with Crippen molar-refractivity contribution in [1.29, 1.82) is 0 Å². The highest BCUT2D eigenvalue weighted by molar-refractivity contribution is 14.1. The summed E-state index contributed by atoms with van der Waals surface area (Å²) in [6.45, 7) is 0. The molecule has 5 heteroatoms. The van der Waals surface area contributed by atoms with Gasteiger partial charge in [-0.15, -0.1) is 0 Å². The number of amides is 1. The van der Waals surface area contributed by atoms with Crippen LogP contribution < -0.4 is 5.32 Å². The quantitative estimate of drug-likeness (QED) is 0.755. The zero-order valence-electron chi connectivity index (χ0n) is 8.13. The Morgan fingerprint density at radius 1 is 1.38 bits per heavy atom. The van der Waals surface area contributed by atoms with Gasteiger partial charge >= 0.3 is 0 Å². The lowest BCUT2D eigenvalue weighted by molar-refractivity contribution is 0.102. The molecule has 16 heavy (non-hydrogen) atoms. The van der Waals surface area contributed by atoms with E-state index < -0.39 is 0 Å². The third-order valence-corrected chi connectivity index (χ3v) is 3.10. The molecule has 0 spiro atoms. The zero-order chi connectivity index (χ0) is 11.5. The zero-order valence-corrected chi connectivity index (χ0v) is 11.9. The van der Waals surface area contributed by atoms with E-state index in [1.165, 1.54) is 0 Å². The molecule has 2 rings (SSSR count). The fourth-order valence-corrected chi connectivity index (χ4v) is 2.15. The minimum Gasteiger partial charge on any atom is -0.356 e. The molecule has 1 heterocycles. The van der Waals surface area contributed by atoms with Gasteiger partial charge in [-0.3, -0.25) is 4.79 Å². The van der Waals surface area contributed by atoms with Crippen molar-refractivity contribution < 1.29 is 4.79 Å². The van der Waals surface area contributed by atoms with Gasteiger partial charge in [-0.1, -0.05) is 6.07 Å². The van der Waals surface area contributed by atoms with Crippen LogP contribution in [0.25, 0.3) is 0 Å². The number of rotatable bonds is 2. The second kappa shape index (κ2) is 5.01. The SMILES string of the molecule is O=C(Nc1cccc(I)c1)c1cc(Br)c[nH]1. The number of halogens is 2.